The maximum atomic E-state index is 13.7. The summed E-state index contributed by atoms with van der Waals surface area (Å²) in [5.74, 6) is -0.816. The van der Waals surface area contributed by atoms with E-state index in [9.17, 15) is 14.0 Å². The summed E-state index contributed by atoms with van der Waals surface area (Å²) in [5, 5.41) is 8.21. The zero-order valence-electron chi connectivity index (χ0n) is 11.5. The molecule has 0 aromatic heterocycles. The second-order valence-electron chi connectivity index (χ2n) is 5.06. The lowest BCUT2D eigenvalue weighted by Gasteiger charge is -2.16. The average molecular weight is 279 g/mol. The topological polar surface area (TPSA) is 70.2 Å². The van der Waals surface area contributed by atoms with Crippen molar-refractivity contribution in [2.24, 2.45) is 5.92 Å². The Kier molecular flexibility index (Phi) is 4.34. The van der Waals surface area contributed by atoms with Crippen LogP contribution >= 0.6 is 0 Å². The molecule has 108 valence electrons. The van der Waals surface area contributed by atoms with Crippen molar-refractivity contribution in [2.45, 2.75) is 26.3 Å². The summed E-state index contributed by atoms with van der Waals surface area (Å²) in [6.45, 7) is 4.13. The van der Waals surface area contributed by atoms with Crippen molar-refractivity contribution in [3.63, 3.8) is 0 Å². The normalized spacial score (nSPS) is 21.6. The van der Waals surface area contributed by atoms with Gasteiger partial charge in [-0.2, -0.15) is 0 Å². The summed E-state index contributed by atoms with van der Waals surface area (Å²) in [7, 11) is 0. The van der Waals surface area contributed by atoms with Crippen molar-refractivity contribution in [3.8, 4) is 0 Å². The molecule has 0 saturated carbocycles. The van der Waals surface area contributed by atoms with Crippen LogP contribution in [0.3, 0.4) is 0 Å². The van der Waals surface area contributed by atoms with Gasteiger partial charge in [-0.05, 0) is 37.1 Å². The SMILES string of the molecule is CC(=O)Nc1ccc(F)c(NC(=O)C2NCCC2C)c1. The minimum Gasteiger partial charge on any atom is -0.326 e. The largest absolute Gasteiger partial charge is 0.326 e. The van der Waals surface area contributed by atoms with Crippen LogP contribution in [0.1, 0.15) is 20.3 Å². The second-order valence-corrected chi connectivity index (χ2v) is 5.06. The molecule has 1 fully saturated rings. The Labute approximate surface area is 116 Å². The predicted octanol–water partition coefficient (Wildman–Crippen LogP) is 1.72. The Bertz CT molecular complexity index is 533. The van der Waals surface area contributed by atoms with Crippen LogP contribution in [0.4, 0.5) is 15.8 Å². The van der Waals surface area contributed by atoms with Crippen LogP contribution in [0.2, 0.25) is 0 Å². The van der Waals surface area contributed by atoms with Gasteiger partial charge in [0.15, 0.2) is 0 Å². The van der Waals surface area contributed by atoms with E-state index < -0.39 is 5.82 Å². The molecule has 0 bridgehead atoms. The first-order valence-electron chi connectivity index (χ1n) is 6.59. The fourth-order valence-corrected chi connectivity index (χ4v) is 2.30. The van der Waals surface area contributed by atoms with Gasteiger partial charge in [0.05, 0.1) is 11.7 Å². The smallest absolute Gasteiger partial charge is 0.241 e. The minimum absolute atomic E-state index is 0.0714. The molecule has 0 spiro atoms. The van der Waals surface area contributed by atoms with Crippen LogP contribution in [0.15, 0.2) is 18.2 Å². The fourth-order valence-electron chi connectivity index (χ4n) is 2.30. The lowest BCUT2D eigenvalue weighted by atomic mass is 10.0. The van der Waals surface area contributed by atoms with E-state index in [-0.39, 0.29) is 29.5 Å². The van der Waals surface area contributed by atoms with Crippen LogP contribution in [0.5, 0.6) is 0 Å². The number of hydrogen-bond acceptors (Lipinski definition) is 3. The van der Waals surface area contributed by atoms with Crippen molar-refractivity contribution < 1.29 is 14.0 Å². The molecular formula is C14H18FN3O2. The van der Waals surface area contributed by atoms with Gasteiger partial charge in [-0.1, -0.05) is 6.92 Å². The molecule has 2 amide bonds. The molecule has 1 aromatic rings. The van der Waals surface area contributed by atoms with Crippen LogP contribution in [-0.2, 0) is 9.59 Å². The van der Waals surface area contributed by atoms with E-state index in [0.717, 1.165) is 13.0 Å². The minimum atomic E-state index is -0.530. The molecule has 20 heavy (non-hydrogen) atoms. The summed E-state index contributed by atoms with van der Waals surface area (Å²) < 4.78 is 13.7. The summed E-state index contributed by atoms with van der Waals surface area (Å²) in [4.78, 5) is 23.1. The van der Waals surface area contributed by atoms with Crippen molar-refractivity contribution in [1.82, 2.24) is 5.32 Å². The van der Waals surface area contributed by atoms with Gasteiger partial charge in [-0.15, -0.1) is 0 Å². The lowest BCUT2D eigenvalue weighted by Crippen LogP contribution is -2.39. The molecule has 2 rings (SSSR count). The van der Waals surface area contributed by atoms with Gasteiger partial charge in [-0.3, -0.25) is 9.59 Å². The van der Waals surface area contributed by atoms with Gasteiger partial charge in [-0.25, -0.2) is 4.39 Å². The van der Waals surface area contributed by atoms with Crippen molar-refractivity contribution in [2.75, 3.05) is 17.2 Å². The van der Waals surface area contributed by atoms with Gasteiger partial charge >= 0.3 is 0 Å². The first kappa shape index (κ1) is 14.5. The van der Waals surface area contributed by atoms with Crippen LogP contribution in [0, 0.1) is 11.7 Å². The third-order valence-corrected chi connectivity index (χ3v) is 3.36. The van der Waals surface area contributed by atoms with E-state index in [1.165, 1.54) is 25.1 Å². The highest BCUT2D eigenvalue weighted by atomic mass is 19.1. The average Bonchev–Trinajstić information content (AvgIpc) is 2.79. The van der Waals surface area contributed by atoms with E-state index in [0.29, 0.717) is 5.69 Å². The monoisotopic (exact) mass is 279 g/mol. The van der Waals surface area contributed by atoms with Gasteiger partial charge in [0.1, 0.15) is 5.82 Å². The quantitative estimate of drug-likeness (QED) is 0.789. The Hall–Kier alpha value is -1.95. The molecule has 3 N–H and O–H groups in total. The molecule has 0 aliphatic carbocycles. The zero-order chi connectivity index (χ0) is 14.7. The third-order valence-electron chi connectivity index (χ3n) is 3.36. The third kappa shape index (κ3) is 3.33. The Balaban J connectivity index is 2.11. The number of halogens is 1. The van der Waals surface area contributed by atoms with Crippen molar-refractivity contribution in [3.05, 3.63) is 24.0 Å². The van der Waals surface area contributed by atoms with Crippen LogP contribution in [0.25, 0.3) is 0 Å². The molecule has 0 radical (unpaired) electrons. The molecular weight excluding hydrogens is 261 g/mol. The molecule has 1 saturated heterocycles. The number of hydrogen-bond donors (Lipinski definition) is 3. The van der Waals surface area contributed by atoms with Gasteiger partial charge in [0, 0.05) is 12.6 Å². The van der Waals surface area contributed by atoms with E-state index in [1.54, 1.807) is 0 Å². The summed E-state index contributed by atoms with van der Waals surface area (Å²) in [6, 6.07) is 3.77. The first-order chi connectivity index (χ1) is 9.47. The molecule has 6 heteroatoms. The van der Waals surface area contributed by atoms with Gasteiger partial charge in [0.25, 0.3) is 0 Å². The van der Waals surface area contributed by atoms with Gasteiger partial charge < -0.3 is 16.0 Å². The van der Waals surface area contributed by atoms with Crippen molar-refractivity contribution in [1.29, 1.82) is 0 Å². The first-order valence-corrected chi connectivity index (χ1v) is 6.59. The number of nitrogens with one attached hydrogen (secondary N) is 3. The Morgan fingerprint density at radius 1 is 1.35 bits per heavy atom. The summed E-state index contributed by atoms with van der Waals surface area (Å²) in [6.07, 6.45) is 0.923. The lowest BCUT2D eigenvalue weighted by molar-refractivity contribution is -0.118. The number of carbonyl (C=O) groups is 2. The summed E-state index contributed by atoms with van der Waals surface area (Å²) in [5.41, 5.74) is 0.517. The van der Waals surface area contributed by atoms with E-state index >= 15 is 0 Å². The molecule has 5 nitrogen and oxygen atoms in total. The standard InChI is InChI=1S/C14H18FN3O2/c1-8-5-6-16-13(8)14(20)18-12-7-10(17-9(2)19)3-4-11(12)15/h3-4,7-8,13,16H,5-6H2,1-2H3,(H,17,19)(H,18,20). The molecule has 1 aliphatic rings. The fraction of sp³-hybridized carbons (Fsp3) is 0.429. The number of anilines is 2. The molecule has 1 aromatic carbocycles. The highest BCUT2D eigenvalue weighted by Gasteiger charge is 2.29. The number of benzene rings is 1. The van der Waals surface area contributed by atoms with Crippen LogP contribution < -0.4 is 16.0 Å². The second kappa shape index (κ2) is 6.00. The molecule has 2 unspecified atom stereocenters. The number of rotatable bonds is 3. The van der Waals surface area contributed by atoms with Crippen molar-refractivity contribution >= 4 is 23.2 Å². The highest BCUT2D eigenvalue weighted by molar-refractivity contribution is 5.96. The molecule has 1 heterocycles. The van der Waals surface area contributed by atoms with E-state index in [1.807, 2.05) is 6.92 Å². The van der Waals surface area contributed by atoms with E-state index in [4.69, 9.17) is 0 Å². The number of amides is 2. The Morgan fingerprint density at radius 2 is 2.10 bits per heavy atom. The summed E-state index contributed by atoms with van der Waals surface area (Å²) >= 11 is 0. The van der Waals surface area contributed by atoms with Gasteiger partial charge in [0.2, 0.25) is 11.8 Å². The maximum absolute atomic E-state index is 13.7. The number of carbonyl (C=O) groups excluding carboxylic acids is 2. The zero-order valence-corrected chi connectivity index (χ0v) is 11.5. The maximum Gasteiger partial charge on any atom is 0.241 e. The predicted molar refractivity (Wildman–Crippen MR) is 74.9 cm³/mol. The Morgan fingerprint density at radius 3 is 2.70 bits per heavy atom. The molecule has 2 atom stereocenters. The van der Waals surface area contributed by atoms with E-state index in [2.05, 4.69) is 16.0 Å². The van der Waals surface area contributed by atoms with Crippen LogP contribution in [-0.4, -0.2) is 24.4 Å². The highest BCUT2D eigenvalue weighted by Crippen LogP contribution is 2.22. The molecule has 1 aliphatic heterocycles.